The van der Waals surface area contributed by atoms with E-state index in [1.807, 2.05) is 13.8 Å². The van der Waals surface area contributed by atoms with Gasteiger partial charge in [-0.15, -0.1) is 0 Å². The third kappa shape index (κ3) is 8.17. The fourth-order valence-electron chi connectivity index (χ4n) is 1.18. The summed E-state index contributed by atoms with van der Waals surface area (Å²) < 4.78 is 0. The smallest absolute Gasteiger partial charge is 0.125 e. The molecule has 1 nitrogen and oxygen atoms in total. The Labute approximate surface area is 94.3 Å². The van der Waals surface area contributed by atoms with Gasteiger partial charge in [0.05, 0.1) is 0 Å². The van der Waals surface area contributed by atoms with Gasteiger partial charge in [-0.2, -0.15) is 0 Å². The van der Waals surface area contributed by atoms with Crippen LogP contribution in [0.4, 0.5) is 0 Å². The van der Waals surface area contributed by atoms with Crippen LogP contribution in [0.1, 0.15) is 53.9 Å². The van der Waals surface area contributed by atoms with Crippen molar-refractivity contribution in [2.75, 3.05) is 0 Å². The topological polar surface area (TPSA) is 17.1 Å². The Morgan fingerprint density at radius 2 is 1.73 bits per heavy atom. The van der Waals surface area contributed by atoms with Crippen LogP contribution in [-0.2, 0) is 4.79 Å². The SMILES string of the molecule is CC(C)=CCC/C(C)=C/CC(C)(C)C=O. The minimum Gasteiger partial charge on any atom is -0.303 e. The van der Waals surface area contributed by atoms with Gasteiger partial charge in [0.15, 0.2) is 0 Å². The van der Waals surface area contributed by atoms with Gasteiger partial charge in [0, 0.05) is 5.41 Å². The maximum atomic E-state index is 10.7. The van der Waals surface area contributed by atoms with Crippen LogP contribution in [0.15, 0.2) is 23.3 Å². The average Bonchev–Trinajstić information content (AvgIpc) is 2.14. The number of aldehydes is 1. The van der Waals surface area contributed by atoms with Crippen LogP contribution in [0.5, 0.6) is 0 Å². The maximum Gasteiger partial charge on any atom is 0.125 e. The Bertz CT molecular complexity index is 253. The lowest BCUT2D eigenvalue weighted by Gasteiger charge is -2.13. The van der Waals surface area contributed by atoms with E-state index in [-0.39, 0.29) is 5.41 Å². The molecule has 0 aromatic carbocycles. The minimum absolute atomic E-state index is 0.211. The van der Waals surface area contributed by atoms with Crippen LogP contribution in [0.25, 0.3) is 0 Å². The molecule has 0 aliphatic heterocycles. The molecule has 0 aromatic rings. The standard InChI is InChI=1S/C14H24O/c1-12(2)7-6-8-13(3)9-10-14(4,5)11-15/h7,9,11H,6,8,10H2,1-5H3/b13-9+. The number of allylic oxidation sites excluding steroid dienone is 4. The lowest BCUT2D eigenvalue weighted by molar-refractivity contribution is -0.114. The molecule has 0 heterocycles. The Morgan fingerprint density at radius 1 is 1.13 bits per heavy atom. The van der Waals surface area contributed by atoms with Crippen LogP contribution in [0.3, 0.4) is 0 Å². The number of rotatable bonds is 6. The summed E-state index contributed by atoms with van der Waals surface area (Å²) in [6.07, 6.45) is 8.52. The molecule has 0 spiro atoms. The second-order valence-corrected chi connectivity index (χ2v) is 5.18. The monoisotopic (exact) mass is 208 g/mol. The quantitative estimate of drug-likeness (QED) is 0.470. The highest BCUT2D eigenvalue weighted by Crippen LogP contribution is 2.19. The molecule has 1 heteroatoms. The number of carbonyl (C=O) groups is 1. The van der Waals surface area contributed by atoms with E-state index in [9.17, 15) is 4.79 Å². The molecule has 15 heavy (non-hydrogen) atoms. The number of hydrogen-bond donors (Lipinski definition) is 0. The van der Waals surface area contributed by atoms with Crippen molar-refractivity contribution in [3.05, 3.63) is 23.3 Å². The first kappa shape index (κ1) is 14.2. The lowest BCUT2D eigenvalue weighted by Crippen LogP contribution is -2.11. The highest BCUT2D eigenvalue weighted by atomic mass is 16.1. The molecule has 0 saturated carbocycles. The maximum absolute atomic E-state index is 10.7. The molecule has 0 aliphatic carbocycles. The molecule has 0 rings (SSSR count). The van der Waals surface area contributed by atoms with Gasteiger partial charge in [0.1, 0.15) is 6.29 Å². The second kappa shape index (κ2) is 6.60. The largest absolute Gasteiger partial charge is 0.303 e. The zero-order chi connectivity index (χ0) is 11.9. The first-order valence-electron chi connectivity index (χ1n) is 5.63. The third-order valence-electron chi connectivity index (χ3n) is 2.39. The summed E-state index contributed by atoms with van der Waals surface area (Å²) in [5, 5.41) is 0. The van der Waals surface area contributed by atoms with Crippen molar-refractivity contribution in [1.29, 1.82) is 0 Å². The normalized spacial score (nSPS) is 12.5. The summed E-state index contributed by atoms with van der Waals surface area (Å²) in [5.41, 5.74) is 2.54. The number of carbonyl (C=O) groups excluding carboxylic acids is 1. The molecule has 0 radical (unpaired) electrons. The van der Waals surface area contributed by atoms with Crippen LogP contribution in [0, 0.1) is 5.41 Å². The fraction of sp³-hybridized carbons (Fsp3) is 0.643. The Morgan fingerprint density at radius 3 is 2.20 bits per heavy atom. The van der Waals surface area contributed by atoms with Crippen LogP contribution in [0.2, 0.25) is 0 Å². The van der Waals surface area contributed by atoms with E-state index in [0.29, 0.717) is 0 Å². The third-order valence-corrected chi connectivity index (χ3v) is 2.39. The Balaban J connectivity index is 4.00. The Kier molecular flexibility index (Phi) is 6.23. The molecular weight excluding hydrogens is 184 g/mol. The van der Waals surface area contributed by atoms with Gasteiger partial charge in [-0.05, 0) is 40.0 Å². The van der Waals surface area contributed by atoms with Crippen molar-refractivity contribution in [2.24, 2.45) is 5.41 Å². The van der Waals surface area contributed by atoms with Crippen LogP contribution >= 0.6 is 0 Å². The van der Waals surface area contributed by atoms with Gasteiger partial charge in [-0.1, -0.05) is 37.1 Å². The van der Waals surface area contributed by atoms with Gasteiger partial charge in [0.2, 0.25) is 0 Å². The molecule has 0 aromatic heterocycles. The zero-order valence-electron chi connectivity index (χ0n) is 10.8. The highest BCUT2D eigenvalue weighted by Gasteiger charge is 2.13. The van der Waals surface area contributed by atoms with Crippen molar-refractivity contribution in [3.8, 4) is 0 Å². The Hall–Kier alpha value is -0.850. The summed E-state index contributed by atoms with van der Waals surface area (Å²) in [4.78, 5) is 10.7. The predicted molar refractivity (Wildman–Crippen MR) is 66.9 cm³/mol. The predicted octanol–water partition coefficient (Wildman–Crippen LogP) is 4.29. The van der Waals surface area contributed by atoms with E-state index >= 15 is 0 Å². The fourth-order valence-corrected chi connectivity index (χ4v) is 1.18. The summed E-state index contributed by atoms with van der Waals surface area (Å²) in [7, 11) is 0. The van der Waals surface area contributed by atoms with Crippen LogP contribution in [-0.4, -0.2) is 6.29 Å². The molecule has 0 saturated heterocycles. The highest BCUT2D eigenvalue weighted by molar-refractivity contribution is 5.58. The molecule has 86 valence electrons. The molecule has 0 N–H and O–H groups in total. The van der Waals surface area contributed by atoms with Crippen molar-refractivity contribution >= 4 is 6.29 Å². The van der Waals surface area contributed by atoms with Crippen LogP contribution < -0.4 is 0 Å². The summed E-state index contributed by atoms with van der Waals surface area (Å²) >= 11 is 0. The average molecular weight is 208 g/mol. The zero-order valence-corrected chi connectivity index (χ0v) is 10.8. The number of hydrogen-bond acceptors (Lipinski definition) is 1. The first-order chi connectivity index (χ1) is 6.87. The molecule has 0 aliphatic rings. The van der Waals surface area contributed by atoms with Crippen molar-refractivity contribution in [2.45, 2.75) is 53.9 Å². The van der Waals surface area contributed by atoms with E-state index in [0.717, 1.165) is 25.5 Å². The van der Waals surface area contributed by atoms with E-state index in [1.54, 1.807) is 0 Å². The van der Waals surface area contributed by atoms with E-state index in [1.165, 1.54) is 11.1 Å². The molecule has 0 amide bonds. The minimum atomic E-state index is -0.211. The summed E-state index contributed by atoms with van der Waals surface area (Å²) in [6.45, 7) is 10.3. The summed E-state index contributed by atoms with van der Waals surface area (Å²) in [5.74, 6) is 0. The van der Waals surface area contributed by atoms with E-state index in [2.05, 4.69) is 32.9 Å². The lowest BCUT2D eigenvalue weighted by atomic mass is 9.90. The van der Waals surface area contributed by atoms with Crippen molar-refractivity contribution in [1.82, 2.24) is 0 Å². The van der Waals surface area contributed by atoms with E-state index in [4.69, 9.17) is 0 Å². The molecule has 0 bridgehead atoms. The van der Waals surface area contributed by atoms with Gasteiger partial charge in [0.25, 0.3) is 0 Å². The molecule has 0 atom stereocenters. The van der Waals surface area contributed by atoms with E-state index < -0.39 is 0 Å². The van der Waals surface area contributed by atoms with Crippen molar-refractivity contribution < 1.29 is 4.79 Å². The van der Waals surface area contributed by atoms with Gasteiger partial charge < -0.3 is 4.79 Å². The van der Waals surface area contributed by atoms with Gasteiger partial charge in [-0.3, -0.25) is 0 Å². The molecule has 0 fully saturated rings. The van der Waals surface area contributed by atoms with Gasteiger partial charge >= 0.3 is 0 Å². The van der Waals surface area contributed by atoms with Gasteiger partial charge in [-0.25, -0.2) is 0 Å². The first-order valence-corrected chi connectivity index (χ1v) is 5.63. The van der Waals surface area contributed by atoms with Crippen molar-refractivity contribution in [3.63, 3.8) is 0 Å². The summed E-state index contributed by atoms with van der Waals surface area (Å²) in [6, 6.07) is 0. The second-order valence-electron chi connectivity index (χ2n) is 5.18. The molecule has 0 unspecified atom stereocenters. The molecular formula is C14H24O.